The van der Waals surface area contributed by atoms with Crippen LogP contribution in [0.4, 0.5) is 11.6 Å². The number of rotatable bonds is 8. The SMILES string of the molecule is CCOC(=O)c1cnc(Nc2ccc(-n3cnc(C)c3)c(OC)c2)nc1Cc1ccccc1. The van der Waals surface area contributed by atoms with Crippen molar-refractivity contribution < 1.29 is 14.3 Å². The maximum Gasteiger partial charge on any atom is 0.341 e. The van der Waals surface area contributed by atoms with Gasteiger partial charge in [0.05, 0.1) is 42.7 Å². The molecule has 2 heterocycles. The van der Waals surface area contributed by atoms with E-state index in [0.717, 1.165) is 22.6 Å². The maximum absolute atomic E-state index is 12.4. The second-order valence-corrected chi connectivity index (χ2v) is 7.37. The summed E-state index contributed by atoms with van der Waals surface area (Å²) in [5, 5.41) is 3.21. The van der Waals surface area contributed by atoms with Gasteiger partial charge in [-0.1, -0.05) is 30.3 Å². The van der Waals surface area contributed by atoms with Crippen LogP contribution in [-0.2, 0) is 11.2 Å². The van der Waals surface area contributed by atoms with Crippen LogP contribution < -0.4 is 10.1 Å². The molecule has 0 aliphatic rings. The minimum absolute atomic E-state index is 0.284. The van der Waals surface area contributed by atoms with E-state index in [1.165, 1.54) is 6.20 Å². The van der Waals surface area contributed by atoms with Crippen molar-refractivity contribution in [1.82, 2.24) is 19.5 Å². The fourth-order valence-electron chi connectivity index (χ4n) is 3.43. The molecule has 4 aromatic rings. The molecule has 33 heavy (non-hydrogen) atoms. The second kappa shape index (κ2) is 9.95. The van der Waals surface area contributed by atoms with Crippen LogP contribution in [0.3, 0.4) is 0 Å². The average Bonchev–Trinajstić information content (AvgIpc) is 3.26. The van der Waals surface area contributed by atoms with Gasteiger partial charge in [0.25, 0.3) is 0 Å². The fourth-order valence-corrected chi connectivity index (χ4v) is 3.43. The number of imidazole rings is 1. The topological polar surface area (TPSA) is 91.2 Å². The number of aryl methyl sites for hydroxylation is 1. The molecule has 2 aromatic carbocycles. The van der Waals surface area contributed by atoms with E-state index in [2.05, 4.69) is 20.3 Å². The number of nitrogens with one attached hydrogen (secondary N) is 1. The maximum atomic E-state index is 12.4. The number of hydrogen-bond donors (Lipinski definition) is 1. The second-order valence-electron chi connectivity index (χ2n) is 7.37. The highest BCUT2D eigenvalue weighted by molar-refractivity contribution is 5.90. The Morgan fingerprint density at radius 2 is 1.94 bits per heavy atom. The molecular formula is C25H25N5O3. The Kier molecular flexibility index (Phi) is 6.64. The van der Waals surface area contributed by atoms with E-state index in [1.54, 1.807) is 20.4 Å². The molecule has 0 radical (unpaired) electrons. The van der Waals surface area contributed by atoms with Gasteiger partial charge >= 0.3 is 5.97 Å². The number of carbonyl (C=O) groups is 1. The number of aromatic nitrogens is 4. The van der Waals surface area contributed by atoms with Crippen LogP contribution in [0.15, 0.2) is 67.3 Å². The monoisotopic (exact) mass is 443 g/mol. The van der Waals surface area contributed by atoms with Crippen LogP contribution >= 0.6 is 0 Å². The molecule has 4 rings (SSSR count). The highest BCUT2D eigenvalue weighted by atomic mass is 16.5. The molecule has 0 aliphatic heterocycles. The summed E-state index contributed by atoms with van der Waals surface area (Å²) in [6, 6.07) is 15.5. The standard InChI is InChI=1S/C25H25N5O3/c1-4-33-24(31)20-14-26-25(29-21(20)12-18-8-6-5-7-9-18)28-19-10-11-22(23(13-19)32-3)30-15-17(2)27-16-30/h5-11,13-16H,4,12H2,1-3H3,(H,26,28,29). The van der Waals surface area contributed by atoms with Crippen LogP contribution in [0.2, 0.25) is 0 Å². The molecular weight excluding hydrogens is 418 g/mol. The Balaban J connectivity index is 1.63. The van der Waals surface area contributed by atoms with Crippen molar-refractivity contribution in [2.75, 3.05) is 19.0 Å². The molecule has 1 N–H and O–H groups in total. The smallest absolute Gasteiger partial charge is 0.341 e. The molecule has 0 atom stereocenters. The van der Waals surface area contributed by atoms with Gasteiger partial charge in [-0.2, -0.15) is 0 Å². The molecule has 0 saturated carbocycles. The van der Waals surface area contributed by atoms with Crippen LogP contribution in [0.1, 0.15) is 34.2 Å². The third-order valence-electron chi connectivity index (χ3n) is 5.00. The van der Waals surface area contributed by atoms with Crippen molar-refractivity contribution in [3.63, 3.8) is 0 Å². The van der Waals surface area contributed by atoms with Gasteiger partial charge in [-0.15, -0.1) is 0 Å². The van der Waals surface area contributed by atoms with Gasteiger partial charge in [0.1, 0.15) is 5.75 Å². The lowest BCUT2D eigenvalue weighted by Crippen LogP contribution is -2.12. The first kappa shape index (κ1) is 22.0. The molecule has 8 nitrogen and oxygen atoms in total. The number of anilines is 2. The third-order valence-corrected chi connectivity index (χ3v) is 5.00. The Hall–Kier alpha value is -4.20. The number of nitrogens with zero attached hydrogens (tertiary/aromatic N) is 4. The molecule has 8 heteroatoms. The summed E-state index contributed by atoms with van der Waals surface area (Å²) >= 11 is 0. The van der Waals surface area contributed by atoms with Crippen LogP contribution in [0, 0.1) is 6.92 Å². The first-order chi connectivity index (χ1) is 16.1. The molecule has 0 bridgehead atoms. The first-order valence-corrected chi connectivity index (χ1v) is 10.6. The highest BCUT2D eigenvalue weighted by Crippen LogP contribution is 2.28. The van der Waals surface area contributed by atoms with Gasteiger partial charge in [0.15, 0.2) is 0 Å². The van der Waals surface area contributed by atoms with E-state index in [-0.39, 0.29) is 6.61 Å². The number of benzene rings is 2. The molecule has 0 amide bonds. The fraction of sp³-hybridized carbons (Fsp3) is 0.200. The minimum Gasteiger partial charge on any atom is -0.494 e. The van der Waals surface area contributed by atoms with Gasteiger partial charge in [-0.25, -0.2) is 19.7 Å². The summed E-state index contributed by atoms with van der Waals surface area (Å²) in [4.78, 5) is 25.7. The van der Waals surface area contributed by atoms with Crippen molar-refractivity contribution in [2.45, 2.75) is 20.3 Å². The largest absolute Gasteiger partial charge is 0.494 e. The van der Waals surface area contributed by atoms with Gasteiger partial charge in [0.2, 0.25) is 5.95 Å². The van der Waals surface area contributed by atoms with Crippen molar-refractivity contribution >= 4 is 17.6 Å². The highest BCUT2D eigenvalue weighted by Gasteiger charge is 2.17. The Bertz CT molecular complexity index is 1250. The lowest BCUT2D eigenvalue weighted by Gasteiger charge is -2.13. The van der Waals surface area contributed by atoms with Crippen LogP contribution in [-0.4, -0.2) is 39.2 Å². The lowest BCUT2D eigenvalue weighted by atomic mass is 10.1. The summed E-state index contributed by atoms with van der Waals surface area (Å²) in [7, 11) is 1.62. The molecule has 168 valence electrons. The summed E-state index contributed by atoms with van der Waals surface area (Å²) in [5.74, 6) is 0.615. The van der Waals surface area contributed by atoms with Crippen LogP contribution in [0.5, 0.6) is 5.75 Å². The number of carbonyl (C=O) groups excluding carboxylic acids is 1. The normalized spacial score (nSPS) is 10.6. The van der Waals surface area contributed by atoms with Crippen LogP contribution in [0.25, 0.3) is 5.69 Å². The summed E-state index contributed by atoms with van der Waals surface area (Å²) in [6.45, 7) is 3.99. The Morgan fingerprint density at radius 3 is 2.64 bits per heavy atom. The van der Waals surface area contributed by atoms with Gasteiger partial charge in [-0.05, 0) is 31.5 Å². The zero-order valence-corrected chi connectivity index (χ0v) is 18.8. The zero-order valence-electron chi connectivity index (χ0n) is 18.8. The first-order valence-electron chi connectivity index (χ1n) is 10.6. The van der Waals surface area contributed by atoms with Crippen molar-refractivity contribution in [2.24, 2.45) is 0 Å². The van der Waals surface area contributed by atoms with E-state index in [4.69, 9.17) is 9.47 Å². The number of methoxy groups -OCH3 is 1. The van der Waals surface area contributed by atoms with Gasteiger partial charge < -0.3 is 19.4 Å². The molecule has 0 saturated heterocycles. The summed E-state index contributed by atoms with van der Waals surface area (Å²) in [5.41, 5.74) is 4.52. The van der Waals surface area contributed by atoms with E-state index in [0.29, 0.717) is 29.4 Å². The molecule has 0 unspecified atom stereocenters. The lowest BCUT2D eigenvalue weighted by molar-refractivity contribution is 0.0524. The van der Waals surface area contributed by atoms with E-state index < -0.39 is 5.97 Å². The minimum atomic E-state index is -0.434. The Labute approximate surface area is 192 Å². The number of ether oxygens (including phenoxy) is 2. The van der Waals surface area contributed by atoms with Crippen molar-refractivity contribution in [3.05, 3.63) is 89.8 Å². The molecule has 0 fully saturated rings. The van der Waals surface area contributed by atoms with E-state index in [1.807, 2.05) is 66.2 Å². The van der Waals surface area contributed by atoms with Gasteiger partial charge in [-0.3, -0.25) is 0 Å². The summed E-state index contributed by atoms with van der Waals surface area (Å²) in [6.07, 6.45) is 5.66. The Morgan fingerprint density at radius 1 is 1.12 bits per heavy atom. The summed E-state index contributed by atoms with van der Waals surface area (Å²) < 4.78 is 12.7. The molecule has 0 spiro atoms. The molecule has 2 aromatic heterocycles. The molecule has 0 aliphatic carbocycles. The number of hydrogen-bond acceptors (Lipinski definition) is 7. The van der Waals surface area contributed by atoms with Crippen molar-refractivity contribution in [3.8, 4) is 11.4 Å². The quantitative estimate of drug-likeness (QED) is 0.401. The average molecular weight is 444 g/mol. The third kappa shape index (κ3) is 5.17. The zero-order chi connectivity index (χ0) is 23.2. The van der Waals surface area contributed by atoms with E-state index >= 15 is 0 Å². The van der Waals surface area contributed by atoms with E-state index in [9.17, 15) is 4.79 Å². The predicted molar refractivity (Wildman–Crippen MR) is 125 cm³/mol. The predicted octanol–water partition coefficient (Wildman–Crippen LogP) is 4.49. The van der Waals surface area contributed by atoms with Crippen molar-refractivity contribution in [1.29, 1.82) is 0 Å². The number of esters is 1. The van der Waals surface area contributed by atoms with Gasteiger partial charge in [0, 0.05) is 30.6 Å².